The number of ether oxygens (including phenoxy) is 2. The summed E-state index contributed by atoms with van der Waals surface area (Å²) in [5.41, 5.74) is -1.84. The standard InChI is InChI=1S/C10H18O4/c1-9(2,3)14-8(12)10(4,5)7(11)13-6/h1-6H3. The summed E-state index contributed by atoms with van der Waals surface area (Å²) >= 11 is 0. The molecule has 0 unspecified atom stereocenters. The van der Waals surface area contributed by atoms with E-state index < -0.39 is 23.0 Å². The van der Waals surface area contributed by atoms with E-state index >= 15 is 0 Å². The number of hydrogen-bond donors (Lipinski definition) is 0. The molecular weight excluding hydrogens is 184 g/mol. The van der Waals surface area contributed by atoms with Gasteiger partial charge in [-0.1, -0.05) is 0 Å². The Morgan fingerprint density at radius 2 is 1.36 bits per heavy atom. The van der Waals surface area contributed by atoms with E-state index in [4.69, 9.17) is 4.74 Å². The molecule has 0 aromatic carbocycles. The summed E-state index contributed by atoms with van der Waals surface area (Å²) in [6.07, 6.45) is 0. The molecule has 0 saturated carbocycles. The fraction of sp³-hybridized carbons (Fsp3) is 0.800. The number of methoxy groups -OCH3 is 1. The fourth-order valence-corrected chi connectivity index (χ4v) is 0.744. The third kappa shape index (κ3) is 3.36. The third-order valence-corrected chi connectivity index (χ3v) is 1.60. The number of rotatable bonds is 2. The van der Waals surface area contributed by atoms with Crippen molar-refractivity contribution in [2.24, 2.45) is 5.41 Å². The van der Waals surface area contributed by atoms with E-state index in [0.717, 1.165) is 0 Å². The zero-order valence-corrected chi connectivity index (χ0v) is 9.63. The van der Waals surface area contributed by atoms with Crippen LogP contribution < -0.4 is 0 Å². The number of hydrogen-bond acceptors (Lipinski definition) is 4. The topological polar surface area (TPSA) is 52.6 Å². The lowest BCUT2D eigenvalue weighted by atomic mass is 9.93. The highest BCUT2D eigenvalue weighted by atomic mass is 16.6. The molecular formula is C10H18O4. The van der Waals surface area contributed by atoms with E-state index in [0.29, 0.717) is 0 Å². The first-order valence-electron chi connectivity index (χ1n) is 4.43. The summed E-state index contributed by atoms with van der Waals surface area (Å²) in [4.78, 5) is 22.8. The highest BCUT2D eigenvalue weighted by molar-refractivity contribution is 5.99. The highest BCUT2D eigenvalue weighted by Crippen LogP contribution is 2.22. The molecule has 0 spiro atoms. The monoisotopic (exact) mass is 202 g/mol. The molecule has 4 heteroatoms. The number of carbonyl (C=O) groups is 2. The van der Waals surface area contributed by atoms with E-state index in [-0.39, 0.29) is 0 Å². The molecule has 0 aliphatic rings. The van der Waals surface area contributed by atoms with Crippen molar-refractivity contribution in [2.45, 2.75) is 40.2 Å². The Labute approximate surface area is 84.6 Å². The molecule has 0 aromatic heterocycles. The molecule has 4 nitrogen and oxygen atoms in total. The van der Waals surface area contributed by atoms with E-state index in [2.05, 4.69) is 4.74 Å². The maximum absolute atomic E-state index is 11.6. The molecule has 0 saturated heterocycles. The van der Waals surface area contributed by atoms with Crippen LogP contribution >= 0.6 is 0 Å². The first-order chi connectivity index (χ1) is 6.11. The largest absolute Gasteiger partial charge is 0.468 e. The lowest BCUT2D eigenvalue weighted by Gasteiger charge is -2.26. The van der Waals surface area contributed by atoms with Crippen LogP contribution in [0, 0.1) is 5.41 Å². The Morgan fingerprint density at radius 1 is 0.929 bits per heavy atom. The molecule has 0 amide bonds. The number of esters is 2. The van der Waals surface area contributed by atoms with Crippen LogP contribution in [-0.4, -0.2) is 24.6 Å². The van der Waals surface area contributed by atoms with Gasteiger partial charge in [0.1, 0.15) is 5.60 Å². The summed E-state index contributed by atoms with van der Waals surface area (Å²) in [6, 6.07) is 0. The quantitative estimate of drug-likeness (QED) is 0.503. The van der Waals surface area contributed by atoms with Gasteiger partial charge in [0.15, 0.2) is 5.41 Å². The molecule has 0 N–H and O–H groups in total. The minimum atomic E-state index is -1.25. The van der Waals surface area contributed by atoms with Gasteiger partial charge in [-0.05, 0) is 34.6 Å². The summed E-state index contributed by atoms with van der Waals surface area (Å²) in [7, 11) is 1.24. The molecule has 0 aliphatic carbocycles. The predicted molar refractivity (Wildman–Crippen MR) is 51.6 cm³/mol. The summed E-state index contributed by atoms with van der Waals surface area (Å²) in [6.45, 7) is 8.20. The van der Waals surface area contributed by atoms with E-state index in [1.54, 1.807) is 20.8 Å². The Balaban J connectivity index is 4.60. The average Bonchev–Trinajstić information content (AvgIpc) is 1.99. The van der Waals surface area contributed by atoms with Crippen molar-refractivity contribution in [3.05, 3.63) is 0 Å². The van der Waals surface area contributed by atoms with Crippen LogP contribution in [-0.2, 0) is 19.1 Å². The van der Waals surface area contributed by atoms with Gasteiger partial charge in [-0.2, -0.15) is 0 Å². The Hall–Kier alpha value is -1.06. The first-order valence-corrected chi connectivity index (χ1v) is 4.43. The summed E-state index contributed by atoms with van der Waals surface area (Å²) < 4.78 is 9.60. The molecule has 0 radical (unpaired) electrons. The van der Waals surface area contributed by atoms with Crippen LogP contribution in [0.15, 0.2) is 0 Å². The van der Waals surface area contributed by atoms with Crippen molar-refractivity contribution in [3.63, 3.8) is 0 Å². The zero-order valence-electron chi connectivity index (χ0n) is 9.63. The second-order valence-electron chi connectivity index (χ2n) is 4.62. The molecule has 0 rings (SSSR count). The maximum atomic E-state index is 11.6. The molecule has 0 heterocycles. The second-order valence-corrected chi connectivity index (χ2v) is 4.62. The minimum absolute atomic E-state index is 0.572. The number of carbonyl (C=O) groups excluding carboxylic acids is 2. The Kier molecular flexibility index (Phi) is 3.68. The Morgan fingerprint density at radius 3 is 1.64 bits per heavy atom. The molecule has 0 aromatic rings. The van der Waals surface area contributed by atoms with Crippen molar-refractivity contribution in [2.75, 3.05) is 7.11 Å². The van der Waals surface area contributed by atoms with Gasteiger partial charge in [0.2, 0.25) is 0 Å². The third-order valence-electron chi connectivity index (χ3n) is 1.60. The van der Waals surface area contributed by atoms with Crippen molar-refractivity contribution in [3.8, 4) is 0 Å². The maximum Gasteiger partial charge on any atom is 0.323 e. The lowest BCUT2D eigenvalue weighted by molar-refractivity contribution is -0.175. The molecule has 0 aliphatic heterocycles. The summed E-state index contributed by atoms with van der Waals surface area (Å²) in [5, 5.41) is 0. The van der Waals surface area contributed by atoms with Gasteiger partial charge in [0.05, 0.1) is 7.11 Å². The van der Waals surface area contributed by atoms with Gasteiger partial charge in [-0.25, -0.2) is 0 Å². The van der Waals surface area contributed by atoms with Gasteiger partial charge in [-0.3, -0.25) is 9.59 Å². The van der Waals surface area contributed by atoms with Crippen LogP contribution in [0.4, 0.5) is 0 Å². The smallest absolute Gasteiger partial charge is 0.323 e. The zero-order chi connectivity index (χ0) is 11.6. The van der Waals surface area contributed by atoms with Crippen molar-refractivity contribution in [1.29, 1.82) is 0 Å². The van der Waals surface area contributed by atoms with Crippen molar-refractivity contribution in [1.82, 2.24) is 0 Å². The molecule has 14 heavy (non-hydrogen) atoms. The first kappa shape index (κ1) is 12.9. The van der Waals surface area contributed by atoms with Gasteiger partial charge in [0, 0.05) is 0 Å². The molecule has 0 atom stereocenters. The van der Waals surface area contributed by atoms with Gasteiger partial charge in [-0.15, -0.1) is 0 Å². The van der Waals surface area contributed by atoms with Crippen molar-refractivity contribution < 1.29 is 19.1 Å². The van der Waals surface area contributed by atoms with Crippen LogP contribution in [0.1, 0.15) is 34.6 Å². The van der Waals surface area contributed by atoms with Crippen LogP contribution in [0.25, 0.3) is 0 Å². The van der Waals surface area contributed by atoms with Gasteiger partial charge in [0.25, 0.3) is 0 Å². The van der Waals surface area contributed by atoms with Crippen LogP contribution in [0.3, 0.4) is 0 Å². The summed E-state index contributed by atoms with van der Waals surface area (Å²) in [5.74, 6) is -1.16. The highest BCUT2D eigenvalue weighted by Gasteiger charge is 2.40. The molecule has 82 valence electrons. The van der Waals surface area contributed by atoms with Gasteiger partial charge >= 0.3 is 11.9 Å². The van der Waals surface area contributed by atoms with Crippen molar-refractivity contribution >= 4 is 11.9 Å². The lowest BCUT2D eigenvalue weighted by Crippen LogP contribution is -2.39. The van der Waals surface area contributed by atoms with E-state index in [1.165, 1.54) is 21.0 Å². The molecule has 0 fully saturated rings. The second kappa shape index (κ2) is 3.98. The normalized spacial score (nSPS) is 12.1. The molecule has 0 bridgehead atoms. The van der Waals surface area contributed by atoms with Crippen LogP contribution in [0.5, 0.6) is 0 Å². The average molecular weight is 202 g/mol. The Bertz CT molecular complexity index is 235. The fourth-order valence-electron chi connectivity index (χ4n) is 0.744. The SMILES string of the molecule is COC(=O)C(C)(C)C(=O)OC(C)(C)C. The van der Waals surface area contributed by atoms with Crippen LogP contribution in [0.2, 0.25) is 0 Å². The minimum Gasteiger partial charge on any atom is -0.468 e. The van der Waals surface area contributed by atoms with E-state index in [9.17, 15) is 9.59 Å². The predicted octanol–water partition coefficient (Wildman–Crippen LogP) is 1.53. The van der Waals surface area contributed by atoms with E-state index in [1.807, 2.05) is 0 Å². The van der Waals surface area contributed by atoms with Gasteiger partial charge < -0.3 is 9.47 Å².